The van der Waals surface area contributed by atoms with Crippen molar-refractivity contribution in [2.75, 3.05) is 6.54 Å². The molecule has 26 heavy (non-hydrogen) atoms. The minimum absolute atomic E-state index is 0.0555. The fourth-order valence-electron chi connectivity index (χ4n) is 4.54. The summed E-state index contributed by atoms with van der Waals surface area (Å²) in [5.74, 6) is 0.246. The molecule has 0 spiro atoms. The number of carbonyl (C=O) groups excluding carboxylic acids is 2. The number of hydrogen-bond donors (Lipinski definition) is 1. The number of carbonyl (C=O) groups is 2. The van der Waals surface area contributed by atoms with Crippen LogP contribution >= 0.6 is 0 Å². The van der Waals surface area contributed by atoms with Crippen LogP contribution in [0, 0.1) is 0 Å². The molecule has 0 aromatic carbocycles. The first-order valence-electron chi connectivity index (χ1n) is 11.3. The van der Waals surface area contributed by atoms with Gasteiger partial charge in [-0.3, -0.25) is 9.59 Å². The molecular formula is C22H40N2O2. The Labute approximate surface area is 160 Å². The molecule has 0 aromatic rings. The lowest BCUT2D eigenvalue weighted by molar-refractivity contribution is -0.137. The second-order valence-corrected chi connectivity index (χ2v) is 8.27. The van der Waals surface area contributed by atoms with E-state index in [0.717, 1.165) is 25.8 Å². The van der Waals surface area contributed by atoms with Crippen LogP contribution in [0.4, 0.5) is 0 Å². The van der Waals surface area contributed by atoms with Crippen molar-refractivity contribution in [2.45, 2.75) is 122 Å². The minimum Gasteiger partial charge on any atom is -0.354 e. The summed E-state index contributed by atoms with van der Waals surface area (Å²) in [6.45, 7) is 2.99. The third-order valence-electron chi connectivity index (χ3n) is 6.12. The molecule has 0 radical (unpaired) electrons. The monoisotopic (exact) mass is 364 g/mol. The average Bonchev–Trinajstić information content (AvgIpc) is 3.21. The van der Waals surface area contributed by atoms with E-state index in [1.807, 2.05) is 4.90 Å². The Bertz CT molecular complexity index is 424. The predicted octanol–water partition coefficient (Wildman–Crippen LogP) is 4.96. The first-order chi connectivity index (χ1) is 12.7. The van der Waals surface area contributed by atoms with E-state index < -0.39 is 0 Å². The molecule has 2 atom stereocenters. The highest BCUT2D eigenvalue weighted by molar-refractivity contribution is 5.90. The van der Waals surface area contributed by atoms with E-state index in [4.69, 9.17) is 0 Å². The van der Waals surface area contributed by atoms with E-state index in [2.05, 4.69) is 12.2 Å². The fraction of sp³-hybridized carbons (Fsp3) is 0.909. The molecule has 0 aliphatic carbocycles. The van der Waals surface area contributed by atoms with E-state index in [1.165, 1.54) is 77.0 Å². The topological polar surface area (TPSA) is 49.4 Å². The first-order valence-corrected chi connectivity index (χ1v) is 11.3. The van der Waals surface area contributed by atoms with E-state index in [0.29, 0.717) is 12.5 Å². The molecule has 0 aromatic heterocycles. The van der Waals surface area contributed by atoms with Crippen molar-refractivity contribution in [2.24, 2.45) is 0 Å². The SMILES string of the molecule is CCCCCCCCCCCCCCC1CCC(=O)N1C1CCNC1=O. The molecule has 2 fully saturated rings. The lowest BCUT2D eigenvalue weighted by Gasteiger charge is -2.29. The van der Waals surface area contributed by atoms with Crippen molar-refractivity contribution in [1.82, 2.24) is 10.2 Å². The zero-order chi connectivity index (χ0) is 18.6. The van der Waals surface area contributed by atoms with Crippen molar-refractivity contribution < 1.29 is 9.59 Å². The lowest BCUT2D eigenvalue weighted by Crippen LogP contribution is -2.45. The van der Waals surface area contributed by atoms with Gasteiger partial charge in [-0.25, -0.2) is 0 Å². The van der Waals surface area contributed by atoms with Crippen molar-refractivity contribution in [1.29, 1.82) is 0 Å². The number of nitrogens with one attached hydrogen (secondary N) is 1. The Morgan fingerprint density at radius 1 is 0.846 bits per heavy atom. The fourth-order valence-corrected chi connectivity index (χ4v) is 4.54. The van der Waals surface area contributed by atoms with E-state index in [1.54, 1.807) is 0 Å². The second kappa shape index (κ2) is 12.3. The zero-order valence-electron chi connectivity index (χ0n) is 16.9. The molecule has 2 aliphatic heterocycles. The summed E-state index contributed by atoms with van der Waals surface area (Å²) in [5.41, 5.74) is 0. The number of unbranched alkanes of at least 4 members (excludes halogenated alkanes) is 11. The maximum absolute atomic E-state index is 12.2. The molecule has 0 bridgehead atoms. The number of amides is 2. The van der Waals surface area contributed by atoms with Crippen LogP contribution in [0.15, 0.2) is 0 Å². The molecule has 2 saturated heterocycles. The highest BCUT2D eigenvalue weighted by atomic mass is 16.2. The first kappa shape index (κ1) is 21.2. The van der Waals surface area contributed by atoms with Crippen LogP contribution in [-0.4, -0.2) is 35.3 Å². The molecular weight excluding hydrogens is 324 g/mol. The van der Waals surface area contributed by atoms with Gasteiger partial charge < -0.3 is 10.2 Å². The summed E-state index contributed by atoms with van der Waals surface area (Å²) in [5, 5.41) is 2.87. The number of nitrogens with zero attached hydrogens (tertiary/aromatic N) is 1. The van der Waals surface area contributed by atoms with Gasteiger partial charge in [-0.2, -0.15) is 0 Å². The summed E-state index contributed by atoms with van der Waals surface area (Å²) in [6.07, 6.45) is 19.8. The van der Waals surface area contributed by atoms with Crippen LogP contribution in [0.3, 0.4) is 0 Å². The summed E-state index contributed by atoms with van der Waals surface area (Å²) in [7, 11) is 0. The Morgan fingerprint density at radius 3 is 1.96 bits per heavy atom. The van der Waals surface area contributed by atoms with Gasteiger partial charge in [0.25, 0.3) is 0 Å². The number of hydrogen-bond acceptors (Lipinski definition) is 2. The molecule has 4 nitrogen and oxygen atoms in total. The van der Waals surface area contributed by atoms with E-state index >= 15 is 0 Å². The molecule has 2 aliphatic rings. The number of likely N-dealkylation sites (tertiary alicyclic amines) is 1. The molecule has 150 valence electrons. The standard InChI is InChI=1S/C22H40N2O2/c1-2-3-4-5-6-7-8-9-10-11-12-13-14-19-15-16-21(25)24(19)20-17-18-23-22(20)26/h19-20H,2-18H2,1H3,(H,23,26). The molecule has 4 heteroatoms. The van der Waals surface area contributed by atoms with Crippen molar-refractivity contribution in [3.8, 4) is 0 Å². The van der Waals surface area contributed by atoms with Gasteiger partial charge in [-0.05, 0) is 19.3 Å². The van der Waals surface area contributed by atoms with Crippen LogP contribution in [0.2, 0.25) is 0 Å². The molecule has 2 rings (SSSR count). The third kappa shape index (κ3) is 6.92. The normalized spacial score (nSPS) is 23.0. The van der Waals surface area contributed by atoms with Gasteiger partial charge in [0.15, 0.2) is 0 Å². The number of rotatable bonds is 14. The van der Waals surface area contributed by atoms with Gasteiger partial charge in [0.05, 0.1) is 0 Å². The van der Waals surface area contributed by atoms with Crippen molar-refractivity contribution in [3.63, 3.8) is 0 Å². The Morgan fingerprint density at radius 2 is 1.42 bits per heavy atom. The molecule has 2 unspecified atom stereocenters. The maximum Gasteiger partial charge on any atom is 0.242 e. The van der Waals surface area contributed by atoms with Crippen LogP contribution in [0.5, 0.6) is 0 Å². The van der Waals surface area contributed by atoms with Crippen LogP contribution < -0.4 is 5.32 Å². The average molecular weight is 365 g/mol. The van der Waals surface area contributed by atoms with Gasteiger partial charge in [-0.15, -0.1) is 0 Å². The van der Waals surface area contributed by atoms with Gasteiger partial charge in [-0.1, -0.05) is 84.0 Å². The highest BCUT2D eigenvalue weighted by Crippen LogP contribution is 2.28. The second-order valence-electron chi connectivity index (χ2n) is 8.27. The summed E-state index contributed by atoms with van der Waals surface area (Å²) in [6, 6.07) is 0.117. The highest BCUT2D eigenvalue weighted by Gasteiger charge is 2.40. The van der Waals surface area contributed by atoms with Gasteiger partial charge in [0, 0.05) is 19.0 Å². The van der Waals surface area contributed by atoms with Crippen LogP contribution in [0.1, 0.15) is 110 Å². The summed E-state index contributed by atoms with van der Waals surface area (Å²) < 4.78 is 0. The predicted molar refractivity (Wildman–Crippen MR) is 107 cm³/mol. The Kier molecular flexibility index (Phi) is 10.1. The van der Waals surface area contributed by atoms with Crippen molar-refractivity contribution >= 4 is 11.8 Å². The van der Waals surface area contributed by atoms with Crippen LogP contribution in [-0.2, 0) is 9.59 Å². The smallest absolute Gasteiger partial charge is 0.242 e. The lowest BCUT2D eigenvalue weighted by atomic mass is 10.0. The minimum atomic E-state index is -0.188. The maximum atomic E-state index is 12.2. The zero-order valence-corrected chi connectivity index (χ0v) is 16.9. The molecule has 2 heterocycles. The largest absolute Gasteiger partial charge is 0.354 e. The van der Waals surface area contributed by atoms with Gasteiger partial charge in [0.1, 0.15) is 6.04 Å². The van der Waals surface area contributed by atoms with Gasteiger partial charge >= 0.3 is 0 Å². The van der Waals surface area contributed by atoms with Gasteiger partial charge in [0.2, 0.25) is 11.8 Å². The molecule has 2 amide bonds. The quantitative estimate of drug-likeness (QED) is 0.443. The Hall–Kier alpha value is -1.06. The molecule has 1 N–H and O–H groups in total. The Balaban J connectivity index is 1.48. The summed E-state index contributed by atoms with van der Waals surface area (Å²) in [4.78, 5) is 26.0. The van der Waals surface area contributed by atoms with E-state index in [9.17, 15) is 9.59 Å². The molecule has 0 saturated carbocycles. The summed E-state index contributed by atoms with van der Waals surface area (Å²) >= 11 is 0. The van der Waals surface area contributed by atoms with E-state index in [-0.39, 0.29) is 17.9 Å². The van der Waals surface area contributed by atoms with Crippen LogP contribution in [0.25, 0.3) is 0 Å². The van der Waals surface area contributed by atoms with Crippen molar-refractivity contribution in [3.05, 3.63) is 0 Å². The third-order valence-corrected chi connectivity index (χ3v) is 6.12.